The summed E-state index contributed by atoms with van der Waals surface area (Å²) in [4.78, 5) is 15.0. The molecule has 6 heteroatoms. The quantitative estimate of drug-likeness (QED) is 0.804. The fourth-order valence-corrected chi connectivity index (χ4v) is 1.06. The Hall–Kier alpha value is -1.00. The van der Waals surface area contributed by atoms with Crippen LogP contribution < -0.4 is 5.32 Å². The predicted octanol–water partition coefficient (Wildman–Crippen LogP) is 1.44. The fraction of sp³-hybridized carbons (Fsp3) is 0.250. The van der Waals surface area contributed by atoms with E-state index in [9.17, 15) is 4.79 Å². The second-order valence-electron chi connectivity index (χ2n) is 2.64. The smallest absolute Gasteiger partial charge is 0.262 e. The predicted molar refractivity (Wildman–Crippen MR) is 55.1 cm³/mol. The molecule has 1 aromatic rings. The molecular weight excluding hydrogens is 225 g/mol. The molecule has 0 bridgehead atoms. The number of carbonyl (C=O) groups is 1. The summed E-state index contributed by atoms with van der Waals surface area (Å²) < 4.78 is 1.67. The van der Waals surface area contributed by atoms with E-state index in [1.165, 1.54) is 6.20 Å². The molecule has 0 aliphatic rings. The van der Waals surface area contributed by atoms with Crippen molar-refractivity contribution in [3.05, 3.63) is 28.8 Å². The molecule has 0 radical (unpaired) electrons. The first-order chi connectivity index (χ1) is 6.52. The summed E-state index contributed by atoms with van der Waals surface area (Å²) >= 11 is 11.1. The van der Waals surface area contributed by atoms with E-state index in [1.807, 2.05) is 0 Å². The van der Waals surface area contributed by atoms with Crippen molar-refractivity contribution < 1.29 is 4.79 Å². The lowest BCUT2D eigenvalue weighted by Crippen LogP contribution is -2.24. The highest BCUT2D eigenvalue weighted by Crippen LogP contribution is 2.08. The number of aromatic nitrogens is 2. The first kappa shape index (κ1) is 11.1. The molecule has 1 aromatic heterocycles. The van der Waals surface area contributed by atoms with Crippen molar-refractivity contribution in [1.29, 1.82) is 0 Å². The van der Waals surface area contributed by atoms with Gasteiger partial charge in [0.1, 0.15) is 11.0 Å². The summed E-state index contributed by atoms with van der Waals surface area (Å²) in [7, 11) is 1.76. The summed E-state index contributed by atoms with van der Waals surface area (Å²) in [6.45, 7) is 3.57. The van der Waals surface area contributed by atoms with E-state index in [0.29, 0.717) is 11.0 Å². The van der Waals surface area contributed by atoms with Crippen molar-refractivity contribution in [2.24, 2.45) is 7.05 Å². The lowest BCUT2D eigenvalue weighted by Gasteiger charge is -2.03. The highest BCUT2D eigenvalue weighted by Gasteiger charge is 2.07. The van der Waals surface area contributed by atoms with Crippen molar-refractivity contribution in [3.63, 3.8) is 0 Å². The molecule has 14 heavy (non-hydrogen) atoms. The average Bonchev–Trinajstić information content (AvgIpc) is 2.44. The van der Waals surface area contributed by atoms with Gasteiger partial charge in [0.2, 0.25) is 0 Å². The van der Waals surface area contributed by atoms with Crippen LogP contribution in [0.3, 0.4) is 0 Å². The Labute approximate surface area is 91.5 Å². The van der Waals surface area contributed by atoms with Crippen LogP contribution in [0, 0.1) is 0 Å². The number of halogens is 2. The zero-order chi connectivity index (χ0) is 10.7. The van der Waals surface area contributed by atoms with E-state index in [2.05, 4.69) is 16.9 Å². The molecule has 4 nitrogen and oxygen atoms in total. The molecule has 1 amide bonds. The molecule has 0 spiro atoms. The van der Waals surface area contributed by atoms with Gasteiger partial charge in [-0.3, -0.25) is 4.79 Å². The van der Waals surface area contributed by atoms with Gasteiger partial charge in [-0.1, -0.05) is 29.8 Å². The van der Waals surface area contributed by atoms with Crippen molar-refractivity contribution in [1.82, 2.24) is 14.9 Å². The summed E-state index contributed by atoms with van der Waals surface area (Å²) in [6, 6.07) is 0. The normalized spacial score (nSPS) is 9.93. The average molecular weight is 234 g/mol. The zero-order valence-electron chi connectivity index (χ0n) is 7.55. The number of imidazole rings is 1. The van der Waals surface area contributed by atoms with Gasteiger partial charge in [-0.2, -0.15) is 0 Å². The number of carbonyl (C=O) groups excluding carboxylic acids is 1. The first-order valence-electron chi connectivity index (χ1n) is 3.81. The van der Waals surface area contributed by atoms with E-state index < -0.39 is 5.91 Å². The van der Waals surface area contributed by atoms with Crippen LogP contribution in [0.5, 0.6) is 0 Å². The van der Waals surface area contributed by atoms with Crippen LogP contribution in [-0.4, -0.2) is 15.5 Å². The van der Waals surface area contributed by atoms with Crippen molar-refractivity contribution in [2.75, 3.05) is 0 Å². The molecule has 0 atom stereocenters. The molecule has 0 fully saturated rings. The third-order valence-electron chi connectivity index (χ3n) is 1.68. The maximum atomic E-state index is 11.0. The standard InChI is InChI=1S/C8H9Cl2N3O/c1-5(9)8(14)12-4-7-11-3-6(10)13(7)2/h3H,1,4H2,2H3,(H,12,14). The monoisotopic (exact) mass is 233 g/mol. The van der Waals surface area contributed by atoms with Gasteiger partial charge in [-0.15, -0.1) is 0 Å². The Bertz CT molecular complexity index is 373. The van der Waals surface area contributed by atoms with Crippen LogP contribution in [0.15, 0.2) is 17.8 Å². The van der Waals surface area contributed by atoms with Gasteiger partial charge in [0.25, 0.3) is 5.91 Å². The molecule has 0 saturated carbocycles. The van der Waals surface area contributed by atoms with E-state index in [-0.39, 0.29) is 11.6 Å². The van der Waals surface area contributed by atoms with E-state index in [4.69, 9.17) is 23.2 Å². The highest BCUT2D eigenvalue weighted by molar-refractivity contribution is 6.41. The Morgan fingerprint density at radius 3 is 2.86 bits per heavy atom. The van der Waals surface area contributed by atoms with Crippen LogP contribution in [0.1, 0.15) is 5.82 Å². The molecule has 0 aliphatic heterocycles. The lowest BCUT2D eigenvalue weighted by atomic mass is 10.5. The van der Waals surface area contributed by atoms with E-state index in [1.54, 1.807) is 11.6 Å². The number of hydrogen-bond donors (Lipinski definition) is 1. The maximum absolute atomic E-state index is 11.0. The van der Waals surface area contributed by atoms with Gasteiger partial charge in [-0.05, 0) is 0 Å². The van der Waals surface area contributed by atoms with E-state index in [0.717, 1.165) is 0 Å². The lowest BCUT2D eigenvalue weighted by molar-refractivity contribution is -0.117. The maximum Gasteiger partial charge on any atom is 0.262 e. The third kappa shape index (κ3) is 2.49. The van der Waals surface area contributed by atoms with Crippen molar-refractivity contribution in [2.45, 2.75) is 6.54 Å². The van der Waals surface area contributed by atoms with Gasteiger partial charge >= 0.3 is 0 Å². The van der Waals surface area contributed by atoms with Crippen LogP contribution in [0.4, 0.5) is 0 Å². The highest BCUT2D eigenvalue weighted by atomic mass is 35.5. The van der Waals surface area contributed by atoms with Crippen molar-refractivity contribution in [3.8, 4) is 0 Å². The van der Waals surface area contributed by atoms with E-state index >= 15 is 0 Å². The Morgan fingerprint density at radius 1 is 1.79 bits per heavy atom. The summed E-state index contributed by atoms with van der Waals surface area (Å²) in [5.74, 6) is 0.243. The number of rotatable bonds is 3. The molecule has 76 valence electrons. The summed E-state index contributed by atoms with van der Waals surface area (Å²) in [6.07, 6.45) is 1.51. The third-order valence-corrected chi connectivity index (χ3v) is 2.20. The molecule has 1 rings (SSSR count). The van der Waals surface area contributed by atoms with Crippen LogP contribution >= 0.6 is 23.2 Å². The minimum atomic E-state index is -0.411. The fourth-order valence-electron chi connectivity index (χ4n) is 0.844. The second kappa shape index (κ2) is 4.48. The number of hydrogen-bond acceptors (Lipinski definition) is 2. The van der Waals surface area contributed by atoms with Gasteiger partial charge in [0, 0.05) is 7.05 Å². The SMILES string of the molecule is C=C(Cl)C(=O)NCc1ncc(Cl)n1C. The molecule has 0 aliphatic carbocycles. The van der Waals surface area contributed by atoms with Crippen LogP contribution in [-0.2, 0) is 18.4 Å². The number of amides is 1. The Balaban J connectivity index is 2.58. The van der Waals surface area contributed by atoms with Gasteiger partial charge in [0.15, 0.2) is 0 Å². The second-order valence-corrected chi connectivity index (χ2v) is 3.49. The minimum absolute atomic E-state index is 0.0506. The molecule has 0 unspecified atom stereocenters. The van der Waals surface area contributed by atoms with Gasteiger partial charge < -0.3 is 9.88 Å². The summed E-state index contributed by atoms with van der Waals surface area (Å²) in [5.41, 5.74) is 0. The molecule has 1 N–H and O–H groups in total. The number of nitrogens with one attached hydrogen (secondary N) is 1. The molecule has 0 saturated heterocycles. The minimum Gasteiger partial charge on any atom is -0.344 e. The molecule has 0 aromatic carbocycles. The zero-order valence-corrected chi connectivity index (χ0v) is 9.06. The van der Waals surface area contributed by atoms with Crippen LogP contribution in [0.2, 0.25) is 5.15 Å². The number of nitrogens with zero attached hydrogens (tertiary/aromatic N) is 2. The van der Waals surface area contributed by atoms with Crippen LogP contribution in [0.25, 0.3) is 0 Å². The van der Waals surface area contributed by atoms with Gasteiger partial charge in [-0.25, -0.2) is 4.98 Å². The first-order valence-corrected chi connectivity index (χ1v) is 4.56. The largest absolute Gasteiger partial charge is 0.344 e. The molecule has 1 heterocycles. The van der Waals surface area contributed by atoms with Gasteiger partial charge in [0.05, 0.1) is 17.8 Å². The molecular formula is C8H9Cl2N3O. The summed E-state index contributed by atoms with van der Waals surface area (Å²) in [5, 5.41) is 3.00. The topological polar surface area (TPSA) is 46.9 Å². The Kier molecular flexibility index (Phi) is 3.55. The Morgan fingerprint density at radius 2 is 2.43 bits per heavy atom. The van der Waals surface area contributed by atoms with Crippen molar-refractivity contribution >= 4 is 29.1 Å².